The molecule has 0 aromatic carbocycles. The van der Waals surface area contributed by atoms with E-state index >= 15 is 0 Å². The molecule has 0 nitrogen and oxygen atoms in total. The molecule has 0 radical (unpaired) electrons. The zero-order valence-corrected chi connectivity index (χ0v) is 12.0. The van der Waals surface area contributed by atoms with Crippen LogP contribution < -0.4 is 0 Å². The topological polar surface area (TPSA) is 0 Å². The first kappa shape index (κ1) is 10.1. The van der Waals surface area contributed by atoms with Crippen LogP contribution in [-0.4, -0.2) is 0 Å². The van der Waals surface area contributed by atoms with Crippen LogP contribution in [0, 0.1) is 0 Å². The average Bonchev–Trinajstić information content (AvgIpc) is 2.61. The molecule has 64 valence electrons. The third kappa shape index (κ3) is 2.15. The Bertz CT molecular complexity index is 279. The Morgan fingerprint density at radius 1 is 0.833 bits per heavy atom. The summed E-state index contributed by atoms with van der Waals surface area (Å²) in [5.41, 5.74) is 0. The molecular weight excluding hydrogens is 360 g/mol. The maximum absolute atomic E-state index is 3.49. The largest absolute Gasteiger partial charge is 0.0884 e. The number of hydrogen-bond acceptors (Lipinski definition) is 4. The van der Waals surface area contributed by atoms with E-state index in [4.69, 9.17) is 0 Å². The molecule has 0 bridgehead atoms. The van der Waals surface area contributed by atoms with E-state index in [2.05, 4.69) is 42.7 Å². The Hall–Kier alpha value is 1.58. The summed E-state index contributed by atoms with van der Waals surface area (Å²) in [6, 6.07) is 0. The normalized spacial score (nSPS) is 23.2. The molecule has 0 spiro atoms. The molecule has 6 heteroatoms. The van der Waals surface area contributed by atoms with Gasteiger partial charge in [-0.05, 0) is 42.7 Å². The lowest BCUT2D eigenvalue weighted by molar-refractivity contribution is 2.38. The predicted octanol–water partition coefficient (Wildman–Crippen LogP) is 5.46. The molecule has 2 aliphatic rings. The summed E-state index contributed by atoms with van der Waals surface area (Å²) in [6.45, 7) is 0. The van der Waals surface area contributed by atoms with Crippen molar-refractivity contribution >= 4 is 78.9 Å². The Morgan fingerprint density at radius 2 is 1.33 bits per heavy atom. The van der Waals surface area contributed by atoms with Crippen LogP contribution in [0.3, 0.4) is 0 Å². The molecule has 0 amide bonds. The van der Waals surface area contributed by atoms with Crippen molar-refractivity contribution in [3.05, 3.63) is 26.9 Å². The third-order valence-corrected chi connectivity index (χ3v) is 8.73. The molecule has 0 aromatic heterocycles. The molecule has 0 saturated heterocycles. The molecule has 2 rings (SSSR count). The molecule has 12 heavy (non-hydrogen) atoms. The number of rotatable bonds is 0. The Labute approximate surface area is 105 Å². The van der Waals surface area contributed by atoms with Crippen molar-refractivity contribution in [1.29, 1.82) is 0 Å². The summed E-state index contributed by atoms with van der Waals surface area (Å²) >= 11 is 14.1. The molecule has 2 aliphatic heterocycles. The van der Waals surface area contributed by atoms with Gasteiger partial charge in [-0.2, -0.15) is 0 Å². The van der Waals surface area contributed by atoms with Crippen LogP contribution in [0.15, 0.2) is 26.9 Å². The van der Waals surface area contributed by atoms with Crippen molar-refractivity contribution in [1.82, 2.24) is 0 Å². The highest BCUT2D eigenvalue weighted by molar-refractivity contribution is 9.17. The Kier molecular flexibility index (Phi) is 3.71. The van der Waals surface area contributed by atoms with Gasteiger partial charge in [0.1, 0.15) is 0 Å². The van der Waals surface area contributed by atoms with E-state index in [1.54, 1.807) is 47.0 Å². The van der Waals surface area contributed by atoms with Crippen LogP contribution in [-0.2, 0) is 0 Å². The molecule has 0 aromatic rings. The molecule has 2 heterocycles. The van der Waals surface area contributed by atoms with Gasteiger partial charge in [0.15, 0.2) is 0 Å². The van der Waals surface area contributed by atoms with Crippen LogP contribution >= 0.6 is 78.9 Å². The number of hydrogen-bond donors (Lipinski definition) is 0. The minimum atomic E-state index is 1.18. The van der Waals surface area contributed by atoms with Crippen molar-refractivity contribution < 1.29 is 0 Å². The molecule has 0 fully saturated rings. The van der Waals surface area contributed by atoms with Crippen molar-refractivity contribution in [2.75, 3.05) is 0 Å². The first-order chi connectivity index (χ1) is 5.77. The first-order valence-electron chi connectivity index (χ1n) is 2.91. The fourth-order valence-electron chi connectivity index (χ4n) is 0.650. The van der Waals surface area contributed by atoms with Gasteiger partial charge in [0.2, 0.25) is 0 Å². The van der Waals surface area contributed by atoms with E-state index < -0.39 is 0 Å². The predicted molar refractivity (Wildman–Crippen MR) is 71.4 cm³/mol. The third-order valence-electron chi connectivity index (χ3n) is 1.09. The second kappa shape index (κ2) is 4.40. The average molecular weight is 362 g/mol. The minimum absolute atomic E-state index is 1.18. The highest BCUT2D eigenvalue weighted by Crippen LogP contribution is 2.59. The van der Waals surface area contributed by atoms with Crippen LogP contribution in [0.1, 0.15) is 0 Å². The van der Waals surface area contributed by atoms with E-state index in [0.29, 0.717) is 0 Å². The molecular formula is C6H2Br2S4. The molecule has 0 unspecified atom stereocenters. The fourth-order valence-corrected chi connectivity index (χ4v) is 6.84. The van der Waals surface area contributed by atoms with Gasteiger partial charge in [0, 0.05) is 0 Å². The van der Waals surface area contributed by atoms with E-state index in [1.165, 1.54) is 16.1 Å². The van der Waals surface area contributed by atoms with Gasteiger partial charge in [-0.1, -0.05) is 47.0 Å². The quantitative estimate of drug-likeness (QED) is 0.561. The zero-order chi connectivity index (χ0) is 8.55. The summed E-state index contributed by atoms with van der Waals surface area (Å²) in [5, 5.41) is 4.24. The lowest BCUT2D eigenvalue weighted by Crippen LogP contribution is -1.64. The summed E-state index contributed by atoms with van der Waals surface area (Å²) in [6.07, 6.45) is 0. The van der Waals surface area contributed by atoms with Crippen molar-refractivity contribution in [2.45, 2.75) is 0 Å². The second-order valence-electron chi connectivity index (χ2n) is 1.83. The maximum atomic E-state index is 3.49. The van der Waals surface area contributed by atoms with Gasteiger partial charge >= 0.3 is 0 Å². The van der Waals surface area contributed by atoms with Crippen molar-refractivity contribution in [2.24, 2.45) is 0 Å². The van der Waals surface area contributed by atoms with Gasteiger partial charge in [0.25, 0.3) is 0 Å². The van der Waals surface area contributed by atoms with Crippen LogP contribution in [0.25, 0.3) is 0 Å². The minimum Gasteiger partial charge on any atom is -0.0884 e. The standard InChI is InChI=1S/C6H2Br2S4/c7-3-4(8)12-6(11-3)5-9-1-2-10-5/h1-2H. The molecule has 0 aliphatic carbocycles. The number of halogens is 2. The van der Waals surface area contributed by atoms with Gasteiger partial charge in [0.05, 0.1) is 16.1 Å². The van der Waals surface area contributed by atoms with Gasteiger partial charge < -0.3 is 0 Å². The fraction of sp³-hybridized carbons (Fsp3) is 0. The van der Waals surface area contributed by atoms with Crippen molar-refractivity contribution in [3.8, 4) is 0 Å². The van der Waals surface area contributed by atoms with E-state index in [1.807, 2.05) is 0 Å². The Morgan fingerprint density at radius 3 is 1.83 bits per heavy atom. The van der Waals surface area contributed by atoms with Crippen molar-refractivity contribution in [3.63, 3.8) is 0 Å². The summed E-state index contributed by atoms with van der Waals surface area (Å²) in [7, 11) is 0. The zero-order valence-electron chi connectivity index (χ0n) is 5.54. The van der Waals surface area contributed by atoms with Crippen LogP contribution in [0.5, 0.6) is 0 Å². The SMILES string of the molecule is BrC1=C(Br)SC(=C2SC=CS2)S1. The van der Waals surface area contributed by atoms with Crippen LogP contribution in [0.4, 0.5) is 0 Å². The monoisotopic (exact) mass is 360 g/mol. The second-order valence-corrected chi connectivity index (χ2v) is 8.86. The molecule has 0 N–H and O–H groups in total. The highest BCUT2D eigenvalue weighted by Gasteiger charge is 2.21. The lowest BCUT2D eigenvalue weighted by atomic mass is 11.2. The first-order valence-corrected chi connectivity index (χ1v) is 7.89. The summed E-state index contributed by atoms with van der Waals surface area (Å²) < 4.78 is 5.12. The highest BCUT2D eigenvalue weighted by atomic mass is 79.9. The lowest BCUT2D eigenvalue weighted by Gasteiger charge is -1.98. The van der Waals surface area contributed by atoms with Crippen LogP contribution in [0.2, 0.25) is 0 Å². The Balaban J connectivity index is 2.16. The van der Waals surface area contributed by atoms with Gasteiger partial charge in [-0.3, -0.25) is 0 Å². The summed E-state index contributed by atoms with van der Waals surface area (Å²) in [5.74, 6) is 0. The molecule has 0 atom stereocenters. The summed E-state index contributed by atoms with van der Waals surface area (Å²) in [4.78, 5) is 0. The van der Waals surface area contributed by atoms with E-state index in [-0.39, 0.29) is 0 Å². The van der Waals surface area contributed by atoms with Gasteiger partial charge in [-0.25, -0.2) is 0 Å². The maximum Gasteiger partial charge on any atom is 0.0767 e. The van der Waals surface area contributed by atoms with E-state index in [0.717, 1.165) is 0 Å². The van der Waals surface area contributed by atoms with E-state index in [9.17, 15) is 0 Å². The smallest absolute Gasteiger partial charge is 0.0767 e. The molecule has 0 saturated carbocycles. The van der Waals surface area contributed by atoms with Gasteiger partial charge in [-0.15, -0.1) is 0 Å². The number of thioether (sulfide) groups is 4.